The second-order valence-electron chi connectivity index (χ2n) is 11.7. The number of rotatable bonds is 2. The number of nitrogens with zero attached hydrogens (tertiary/aromatic N) is 5. The number of furan rings is 1. The first kappa shape index (κ1) is 23.2. The van der Waals surface area contributed by atoms with Crippen LogP contribution in [0.1, 0.15) is 0 Å². The second kappa shape index (κ2) is 8.21. The predicted molar refractivity (Wildman–Crippen MR) is 182 cm³/mol. The van der Waals surface area contributed by atoms with Gasteiger partial charge in [-0.25, -0.2) is 4.98 Å². The van der Waals surface area contributed by atoms with Gasteiger partial charge in [-0.2, -0.15) is 0 Å². The molecule has 6 heteroatoms. The molecule has 6 nitrogen and oxygen atoms in total. The third-order valence-electron chi connectivity index (χ3n) is 9.34. The maximum absolute atomic E-state index is 6.40. The summed E-state index contributed by atoms with van der Waals surface area (Å²) in [7, 11) is 0. The molecule has 0 aliphatic heterocycles. The summed E-state index contributed by atoms with van der Waals surface area (Å²) in [5, 5.41) is 3.38. The van der Waals surface area contributed by atoms with Crippen LogP contribution in [-0.4, -0.2) is 22.9 Å². The van der Waals surface area contributed by atoms with E-state index in [1.54, 1.807) is 0 Å². The van der Waals surface area contributed by atoms with E-state index in [-0.39, 0.29) is 0 Å². The Morgan fingerprint density at radius 1 is 0.444 bits per heavy atom. The fourth-order valence-corrected chi connectivity index (χ4v) is 7.43. The van der Waals surface area contributed by atoms with Crippen molar-refractivity contribution < 1.29 is 4.42 Å². The lowest BCUT2D eigenvalue weighted by Gasteiger charge is -2.07. The topological polar surface area (TPSA) is 44.7 Å². The van der Waals surface area contributed by atoms with Gasteiger partial charge < -0.3 is 4.42 Å². The molecule has 0 aliphatic rings. The highest BCUT2D eigenvalue weighted by atomic mass is 16.3. The van der Waals surface area contributed by atoms with Crippen molar-refractivity contribution in [3.8, 4) is 11.4 Å². The van der Waals surface area contributed by atoms with Gasteiger partial charge in [0.05, 0.1) is 44.3 Å². The third kappa shape index (κ3) is 2.95. The molecule has 0 saturated carbocycles. The summed E-state index contributed by atoms with van der Waals surface area (Å²) < 4.78 is 15.6. The molecule has 0 bridgehead atoms. The summed E-state index contributed by atoms with van der Waals surface area (Å²) in [5.74, 6) is 0.895. The van der Waals surface area contributed by atoms with Crippen LogP contribution in [0.2, 0.25) is 0 Å². The molecule has 5 heterocycles. The van der Waals surface area contributed by atoms with Gasteiger partial charge in [0.25, 0.3) is 0 Å². The third-order valence-corrected chi connectivity index (χ3v) is 9.34. The van der Waals surface area contributed by atoms with Gasteiger partial charge in [-0.05, 0) is 84.9 Å². The molecule has 0 aliphatic carbocycles. The average molecular weight is 578 g/mol. The number of fused-ring (bicyclic) bond motifs is 13. The lowest BCUT2D eigenvalue weighted by molar-refractivity contribution is 0.669. The Labute approximate surface area is 255 Å². The first-order valence-electron chi connectivity index (χ1n) is 15.2. The molecule has 45 heavy (non-hydrogen) atoms. The Hall–Kier alpha value is -6.27. The van der Waals surface area contributed by atoms with Gasteiger partial charge in [0, 0.05) is 21.8 Å². The van der Waals surface area contributed by atoms with E-state index in [0.29, 0.717) is 0 Å². The number of para-hydroxylation sites is 7. The van der Waals surface area contributed by atoms with Crippen LogP contribution in [-0.2, 0) is 0 Å². The summed E-state index contributed by atoms with van der Waals surface area (Å²) in [5.41, 5.74) is 12.9. The summed E-state index contributed by atoms with van der Waals surface area (Å²) >= 11 is 0. The minimum absolute atomic E-state index is 0.864. The monoisotopic (exact) mass is 577 g/mol. The van der Waals surface area contributed by atoms with Gasteiger partial charge in [0.15, 0.2) is 0 Å². The standard InChI is InChI=1S/C39H23N5O/c1-3-11-30-24(9-1)21-38-41(32-13-5-7-15-34(32)43(30)38)25-17-19-36-27(22-25)28-23-26(18-20-37(28)45-36)42-33-14-6-8-16-35(33)44-31-12-4-2-10-29(31)40-39(42)44/h1-23H. The van der Waals surface area contributed by atoms with E-state index >= 15 is 0 Å². The molecule has 0 atom stereocenters. The lowest BCUT2D eigenvalue weighted by atomic mass is 10.1. The van der Waals surface area contributed by atoms with E-state index in [9.17, 15) is 0 Å². The van der Waals surface area contributed by atoms with Crippen molar-refractivity contribution in [1.82, 2.24) is 22.9 Å². The lowest BCUT2D eigenvalue weighted by Crippen LogP contribution is -1.95. The van der Waals surface area contributed by atoms with E-state index in [1.165, 1.54) is 21.9 Å². The summed E-state index contributed by atoms with van der Waals surface area (Å²) in [6.07, 6.45) is 0. The van der Waals surface area contributed by atoms with Crippen molar-refractivity contribution in [1.29, 1.82) is 0 Å². The van der Waals surface area contributed by atoms with Gasteiger partial charge in [-0.15, -0.1) is 0 Å². The van der Waals surface area contributed by atoms with Gasteiger partial charge in [0.1, 0.15) is 16.8 Å². The minimum atomic E-state index is 0.864. The molecule has 0 saturated heterocycles. The van der Waals surface area contributed by atoms with Crippen LogP contribution in [0.5, 0.6) is 0 Å². The predicted octanol–water partition coefficient (Wildman–Crippen LogP) is 9.68. The number of imidazole rings is 3. The smallest absolute Gasteiger partial charge is 0.220 e. The van der Waals surface area contributed by atoms with E-state index in [0.717, 1.165) is 66.8 Å². The Bertz CT molecular complexity index is 2800. The fourth-order valence-electron chi connectivity index (χ4n) is 7.43. The van der Waals surface area contributed by atoms with E-state index in [2.05, 4.69) is 151 Å². The normalized spacial score (nSPS) is 12.4. The van der Waals surface area contributed by atoms with Crippen LogP contribution in [0, 0.1) is 0 Å². The highest BCUT2D eigenvalue weighted by molar-refractivity contribution is 6.07. The highest BCUT2D eigenvalue weighted by Gasteiger charge is 2.19. The van der Waals surface area contributed by atoms with E-state index < -0.39 is 0 Å². The van der Waals surface area contributed by atoms with Gasteiger partial charge in [0.2, 0.25) is 5.78 Å². The Balaban J connectivity index is 1.19. The number of benzene rings is 6. The molecule has 0 spiro atoms. The average Bonchev–Trinajstić information content (AvgIpc) is 3.87. The Morgan fingerprint density at radius 3 is 1.73 bits per heavy atom. The van der Waals surface area contributed by atoms with Gasteiger partial charge in [-0.1, -0.05) is 54.6 Å². The van der Waals surface area contributed by atoms with E-state index in [4.69, 9.17) is 9.40 Å². The molecule has 6 aromatic carbocycles. The first-order valence-corrected chi connectivity index (χ1v) is 15.2. The van der Waals surface area contributed by atoms with Crippen molar-refractivity contribution in [2.24, 2.45) is 0 Å². The molecule has 0 fully saturated rings. The molecule has 0 N–H and O–H groups in total. The second-order valence-corrected chi connectivity index (χ2v) is 11.7. The number of hydrogen-bond donors (Lipinski definition) is 0. The molecule has 11 rings (SSSR count). The van der Waals surface area contributed by atoms with Crippen LogP contribution in [0.3, 0.4) is 0 Å². The van der Waals surface area contributed by atoms with Crippen molar-refractivity contribution in [3.05, 3.63) is 140 Å². The highest BCUT2D eigenvalue weighted by Crippen LogP contribution is 2.37. The largest absolute Gasteiger partial charge is 0.456 e. The number of aromatic nitrogens is 5. The van der Waals surface area contributed by atoms with Gasteiger partial charge >= 0.3 is 0 Å². The summed E-state index contributed by atoms with van der Waals surface area (Å²) in [4.78, 5) is 5.08. The van der Waals surface area contributed by atoms with Crippen LogP contribution in [0.4, 0.5) is 0 Å². The quantitative estimate of drug-likeness (QED) is 0.205. The molecule has 210 valence electrons. The molecular weight excluding hydrogens is 554 g/mol. The maximum Gasteiger partial charge on any atom is 0.220 e. The maximum atomic E-state index is 6.40. The molecule has 11 aromatic rings. The first-order chi connectivity index (χ1) is 22.3. The van der Waals surface area contributed by atoms with Crippen LogP contribution in [0.25, 0.3) is 88.7 Å². The number of hydrogen-bond acceptors (Lipinski definition) is 2. The summed E-state index contributed by atoms with van der Waals surface area (Å²) in [6.45, 7) is 0. The Kier molecular flexibility index (Phi) is 4.24. The molecule has 0 unspecified atom stereocenters. The summed E-state index contributed by atoms with van der Waals surface area (Å²) in [6, 6.07) is 49.3. The van der Waals surface area contributed by atoms with Crippen LogP contribution < -0.4 is 0 Å². The zero-order valence-electron chi connectivity index (χ0n) is 23.9. The molecule has 5 aromatic heterocycles. The minimum Gasteiger partial charge on any atom is -0.456 e. The zero-order valence-corrected chi connectivity index (χ0v) is 23.9. The SMILES string of the molecule is c1ccc2c(c1)cc1n(-c3ccc4oc5ccc(-n6c7ccccc7n7c8ccccc8nc67)cc5c4c3)c3ccccc3n21. The molecule has 0 amide bonds. The fraction of sp³-hybridized carbons (Fsp3) is 0. The van der Waals surface area contributed by atoms with Crippen molar-refractivity contribution >= 4 is 77.4 Å². The van der Waals surface area contributed by atoms with Crippen LogP contribution >= 0.6 is 0 Å². The van der Waals surface area contributed by atoms with Crippen molar-refractivity contribution in [2.75, 3.05) is 0 Å². The van der Waals surface area contributed by atoms with E-state index in [1.807, 2.05) is 6.07 Å². The molecular formula is C39H23N5O. The van der Waals surface area contributed by atoms with Crippen LogP contribution in [0.15, 0.2) is 144 Å². The zero-order chi connectivity index (χ0) is 29.2. The van der Waals surface area contributed by atoms with Crippen molar-refractivity contribution in [3.63, 3.8) is 0 Å². The molecule has 0 radical (unpaired) electrons. The van der Waals surface area contributed by atoms with Crippen molar-refractivity contribution in [2.45, 2.75) is 0 Å². The van der Waals surface area contributed by atoms with Gasteiger partial charge in [-0.3, -0.25) is 17.9 Å². The Morgan fingerprint density at radius 2 is 1.00 bits per heavy atom.